The molecule has 0 saturated carbocycles. The van der Waals surface area contributed by atoms with Crippen LogP contribution in [0, 0.1) is 0 Å². The van der Waals surface area contributed by atoms with E-state index >= 15 is 0 Å². The molecule has 3 rings (SSSR count). The SMILES string of the molecule is CCN(CC)CCn1ccc2cc(NC(=O)c3ccc(OC)nc3)ccc21. The number of amides is 1. The number of methoxy groups -OCH3 is 1. The summed E-state index contributed by atoms with van der Waals surface area (Å²) in [6, 6.07) is 11.4. The molecule has 6 heteroatoms. The molecular formula is C21H26N4O2. The largest absolute Gasteiger partial charge is 0.481 e. The van der Waals surface area contributed by atoms with Crippen molar-refractivity contribution in [3.63, 3.8) is 0 Å². The Kier molecular flexibility index (Phi) is 6.08. The van der Waals surface area contributed by atoms with Gasteiger partial charge in [-0.05, 0) is 43.4 Å². The van der Waals surface area contributed by atoms with Crippen LogP contribution in [-0.2, 0) is 6.54 Å². The van der Waals surface area contributed by atoms with Crippen molar-refractivity contribution >= 4 is 22.5 Å². The number of anilines is 1. The third kappa shape index (κ3) is 4.46. The summed E-state index contributed by atoms with van der Waals surface area (Å²) in [6.07, 6.45) is 3.61. The highest BCUT2D eigenvalue weighted by Crippen LogP contribution is 2.21. The van der Waals surface area contributed by atoms with Crippen molar-refractivity contribution in [2.45, 2.75) is 20.4 Å². The Bertz CT molecular complexity index is 898. The molecule has 0 fully saturated rings. The number of aromatic nitrogens is 2. The fourth-order valence-corrected chi connectivity index (χ4v) is 3.10. The minimum Gasteiger partial charge on any atom is -0.481 e. The van der Waals surface area contributed by atoms with Gasteiger partial charge in [0.2, 0.25) is 5.88 Å². The minimum atomic E-state index is -0.189. The van der Waals surface area contributed by atoms with Gasteiger partial charge in [0.1, 0.15) is 0 Å². The fraction of sp³-hybridized carbons (Fsp3) is 0.333. The van der Waals surface area contributed by atoms with E-state index in [1.165, 1.54) is 11.7 Å². The number of hydrogen-bond acceptors (Lipinski definition) is 4. The summed E-state index contributed by atoms with van der Waals surface area (Å²) in [5, 5.41) is 4.04. The second-order valence-corrected chi connectivity index (χ2v) is 6.35. The maximum Gasteiger partial charge on any atom is 0.257 e. The van der Waals surface area contributed by atoms with Crippen molar-refractivity contribution in [2.24, 2.45) is 0 Å². The molecule has 3 aromatic rings. The van der Waals surface area contributed by atoms with E-state index in [0.717, 1.165) is 37.3 Å². The van der Waals surface area contributed by atoms with Crippen LogP contribution in [0.15, 0.2) is 48.8 Å². The molecule has 0 aliphatic carbocycles. The lowest BCUT2D eigenvalue weighted by molar-refractivity contribution is 0.102. The highest BCUT2D eigenvalue weighted by Gasteiger charge is 2.09. The van der Waals surface area contributed by atoms with Gasteiger partial charge < -0.3 is 19.5 Å². The second-order valence-electron chi connectivity index (χ2n) is 6.35. The Balaban J connectivity index is 1.70. The van der Waals surface area contributed by atoms with Crippen LogP contribution in [0.2, 0.25) is 0 Å². The first-order valence-electron chi connectivity index (χ1n) is 9.27. The van der Waals surface area contributed by atoms with Gasteiger partial charge in [-0.3, -0.25) is 4.79 Å². The van der Waals surface area contributed by atoms with E-state index in [1.54, 1.807) is 19.2 Å². The third-order valence-corrected chi connectivity index (χ3v) is 4.79. The summed E-state index contributed by atoms with van der Waals surface area (Å²) < 4.78 is 7.27. The molecule has 6 nitrogen and oxygen atoms in total. The van der Waals surface area contributed by atoms with Crippen LogP contribution in [0.4, 0.5) is 5.69 Å². The van der Waals surface area contributed by atoms with Gasteiger partial charge in [0.15, 0.2) is 0 Å². The van der Waals surface area contributed by atoms with Crippen molar-refractivity contribution in [2.75, 3.05) is 32.1 Å². The molecule has 0 saturated heterocycles. The van der Waals surface area contributed by atoms with Gasteiger partial charge >= 0.3 is 0 Å². The zero-order chi connectivity index (χ0) is 19.2. The molecular weight excluding hydrogens is 340 g/mol. The predicted molar refractivity (Wildman–Crippen MR) is 108 cm³/mol. The van der Waals surface area contributed by atoms with Gasteiger partial charge in [-0.2, -0.15) is 0 Å². The molecule has 0 spiro atoms. The zero-order valence-corrected chi connectivity index (χ0v) is 16.1. The fourth-order valence-electron chi connectivity index (χ4n) is 3.10. The van der Waals surface area contributed by atoms with E-state index in [4.69, 9.17) is 4.74 Å². The number of fused-ring (bicyclic) bond motifs is 1. The summed E-state index contributed by atoms with van der Waals surface area (Å²) in [5.74, 6) is 0.296. The van der Waals surface area contributed by atoms with Crippen LogP contribution in [0.5, 0.6) is 5.88 Å². The summed E-state index contributed by atoms with van der Waals surface area (Å²) in [6.45, 7) is 8.47. The zero-order valence-electron chi connectivity index (χ0n) is 16.1. The van der Waals surface area contributed by atoms with Gasteiger partial charge in [0.05, 0.1) is 12.7 Å². The first-order valence-corrected chi connectivity index (χ1v) is 9.27. The Labute approximate surface area is 159 Å². The van der Waals surface area contributed by atoms with Gasteiger partial charge in [-0.25, -0.2) is 4.98 Å². The lowest BCUT2D eigenvalue weighted by atomic mass is 10.2. The van der Waals surface area contributed by atoms with Gasteiger partial charge in [-0.1, -0.05) is 13.8 Å². The number of hydrogen-bond donors (Lipinski definition) is 1. The molecule has 0 bridgehead atoms. The Morgan fingerprint density at radius 1 is 1.19 bits per heavy atom. The molecule has 2 heterocycles. The molecule has 0 aliphatic rings. The van der Waals surface area contributed by atoms with Crippen LogP contribution in [0.3, 0.4) is 0 Å². The normalized spacial score (nSPS) is 11.1. The molecule has 0 unspecified atom stereocenters. The Hall–Kier alpha value is -2.86. The molecule has 27 heavy (non-hydrogen) atoms. The predicted octanol–water partition coefficient (Wildman–Crippen LogP) is 3.64. The van der Waals surface area contributed by atoms with E-state index in [0.29, 0.717) is 11.4 Å². The standard InChI is InChI=1S/C21H26N4O2/c1-4-24(5-2)12-13-25-11-10-16-14-18(7-8-19(16)25)23-21(26)17-6-9-20(27-3)22-15-17/h6-11,14-15H,4-5,12-13H2,1-3H3,(H,23,26). The average Bonchev–Trinajstić information content (AvgIpc) is 3.11. The first kappa shape index (κ1) is 18.9. The number of likely N-dealkylation sites (N-methyl/N-ethyl adjacent to an activating group) is 1. The average molecular weight is 366 g/mol. The number of rotatable bonds is 8. The number of benzene rings is 1. The summed E-state index contributed by atoms with van der Waals surface area (Å²) in [4.78, 5) is 18.9. The topological polar surface area (TPSA) is 59.4 Å². The van der Waals surface area contributed by atoms with Gasteiger partial charge in [-0.15, -0.1) is 0 Å². The molecule has 1 N–H and O–H groups in total. The van der Waals surface area contributed by atoms with Crippen LogP contribution in [0.1, 0.15) is 24.2 Å². The lowest BCUT2D eigenvalue weighted by Gasteiger charge is -2.18. The summed E-state index contributed by atoms with van der Waals surface area (Å²) >= 11 is 0. The highest BCUT2D eigenvalue weighted by molar-refractivity contribution is 6.05. The maximum absolute atomic E-state index is 12.4. The number of nitrogens with zero attached hydrogens (tertiary/aromatic N) is 3. The monoisotopic (exact) mass is 366 g/mol. The van der Waals surface area contributed by atoms with Crippen molar-refractivity contribution in [1.29, 1.82) is 0 Å². The smallest absolute Gasteiger partial charge is 0.257 e. The van der Waals surface area contributed by atoms with Gasteiger partial charge in [0.25, 0.3) is 5.91 Å². The maximum atomic E-state index is 12.4. The number of ether oxygens (including phenoxy) is 1. The highest BCUT2D eigenvalue weighted by atomic mass is 16.5. The third-order valence-electron chi connectivity index (χ3n) is 4.79. The number of carbonyl (C=O) groups excluding carboxylic acids is 1. The van der Waals surface area contributed by atoms with E-state index in [-0.39, 0.29) is 5.91 Å². The molecule has 142 valence electrons. The second kappa shape index (κ2) is 8.68. The van der Waals surface area contributed by atoms with Crippen molar-refractivity contribution in [3.8, 4) is 5.88 Å². The molecule has 1 aromatic carbocycles. The van der Waals surface area contributed by atoms with Crippen LogP contribution >= 0.6 is 0 Å². The Morgan fingerprint density at radius 2 is 2.00 bits per heavy atom. The van der Waals surface area contributed by atoms with E-state index in [1.807, 2.05) is 12.1 Å². The summed E-state index contributed by atoms with van der Waals surface area (Å²) in [7, 11) is 1.55. The number of carbonyl (C=O) groups is 1. The quantitative estimate of drug-likeness (QED) is 0.661. The van der Waals surface area contributed by atoms with E-state index in [9.17, 15) is 4.79 Å². The lowest BCUT2D eigenvalue weighted by Crippen LogP contribution is -2.26. The number of nitrogens with one attached hydrogen (secondary N) is 1. The van der Waals surface area contributed by atoms with Crippen LogP contribution in [0.25, 0.3) is 10.9 Å². The molecule has 0 radical (unpaired) electrons. The molecule has 0 atom stereocenters. The van der Waals surface area contributed by atoms with Gasteiger partial charge in [0, 0.05) is 48.1 Å². The van der Waals surface area contributed by atoms with Crippen molar-refractivity contribution < 1.29 is 9.53 Å². The molecule has 1 amide bonds. The van der Waals surface area contributed by atoms with Crippen LogP contribution < -0.4 is 10.1 Å². The molecule has 0 aliphatic heterocycles. The first-order chi connectivity index (χ1) is 13.1. The van der Waals surface area contributed by atoms with Crippen LogP contribution in [-0.4, -0.2) is 47.1 Å². The van der Waals surface area contributed by atoms with Crippen molar-refractivity contribution in [1.82, 2.24) is 14.5 Å². The van der Waals surface area contributed by atoms with Crippen molar-refractivity contribution in [3.05, 3.63) is 54.4 Å². The summed E-state index contributed by atoms with van der Waals surface area (Å²) in [5.41, 5.74) is 2.43. The molecule has 2 aromatic heterocycles. The van der Waals surface area contributed by atoms with E-state index in [2.05, 4.69) is 51.9 Å². The van der Waals surface area contributed by atoms with E-state index < -0.39 is 0 Å². The number of pyridine rings is 1. The Morgan fingerprint density at radius 3 is 2.67 bits per heavy atom. The minimum absolute atomic E-state index is 0.189.